The first-order valence-corrected chi connectivity index (χ1v) is 13.1. The average Bonchev–Trinajstić information content (AvgIpc) is 3.58. The van der Waals surface area contributed by atoms with Gasteiger partial charge in [0.2, 0.25) is 0 Å². The maximum atomic E-state index is 12.1. The zero-order chi connectivity index (χ0) is 26.9. The monoisotopic (exact) mass is 548 g/mol. The van der Waals surface area contributed by atoms with E-state index in [0.717, 1.165) is 27.9 Å². The molecule has 10 heteroatoms. The van der Waals surface area contributed by atoms with Crippen molar-refractivity contribution in [3.8, 4) is 28.0 Å². The molecule has 0 saturated carbocycles. The summed E-state index contributed by atoms with van der Waals surface area (Å²) < 4.78 is 34.0. The summed E-state index contributed by atoms with van der Waals surface area (Å²) in [7, 11) is 0. The second-order valence-electron chi connectivity index (χ2n) is 8.08. The highest BCUT2D eigenvalue weighted by Gasteiger charge is 2.17. The van der Waals surface area contributed by atoms with Crippen LogP contribution in [-0.4, -0.2) is 31.0 Å². The van der Waals surface area contributed by atoms with Crippen LogP contribution in [0.15, 0.2) is 79.0 Å². The molecule has 3 aromatic carbocycles. The number of carbonyl (C=O) groups is 1. The standard InChI is InChI=1S/C28H24N2O4S.O2S/c1-3-32-28(31)25-16-29-27(35-25)23-14-20-13-22(34-21-11-9-18(2)10-12-21)15-24(26(20)30-23)33-17-19-7-5-4-6-8-19;1-3-2/h4-16,30H,3,17H2,1-2H3;. The normalized spacial score (nSPS) is 10.4. The number of aryl methyl sites for hydroxylation is 1. The van der Waals surface area contributed by atoms with Crippen LogP contribution < -0.4 is 9.47 Å². The quantitative estimate of drug-likeness (QED) is 0.221. The fourth-order valence-corrected chi connectivity index (χ4v) is 4.43. The minimum absolute atomic E-state index is 0.324. The van der Waals surface area contributed by atoms with Gasteiger partial charge in [0.25, 0.3) is 0 Å². The zero-order valence-electron chi connectivity index (χ0n) is 20.6. The van der Waals surface area contributed by atoms with Gasteiger partial charge in [-0.2, -0.15) is 8.42 Å². The molecule has 0 spiro atoms. The fourth-order valence-electron chi connectivity index (χ4n) is 3.65. The Balaban J connectivity index is 0.00000107. The van der Waals surface area contributed by atoms with E-state index in [9.17, 15) is 4.79 Å². The third-order valence-electron chi connectivity index (χ3n) is 5.37. The van der Waals surface area contributed by atoms with Gasteiger partial charge < -0.3 is 19.2 Å². The Morgan fingerprint density at radius 2 is 1.74 bits per heavy atom. The summed E-state index contributed by atoms with van der Waals surface area (Å²) >= 11 is 0.535. The lowest BCUT2D eigenvalue weighted by Gasteiger charge is -2.11. The lowest BCUT2D eigenvalue weighted by Crippen LogP contribution is -2.01. The van der Waals surface area contributed by atoms with Gasteiger partial charge in [-0.15, -0.1) is 11.3 Å². The van der Waals surface area contributed by atoms with E-state index in [1.165, 1.54) is 16.9 Å². The number of aromatic nitrogens is 2. The van der Waals surface area contributed by atoms with Crippen LogP contribution in [0.2, 0.25) is 0 Å². The van der Waals surface area contributed by atoms with Gasteiger partial charge in [-0.05, 0) is 43.7 Å². The van der Waals surface area contributed by atoms with Crippen molar-refractivity contribution in [1.82, 2.24) is 9.97 Å². The second-order valence-corrected chi connectivity index (χ2v) is 9.24. The third-order valence-corrected chi connectivity index (χ3v) is 6.38. The van der Waals surface area contributed by atoms with E-state index in [4.69, 9.17) is 22.6 Å². The van der Waals surface area contributed by atoms with E-state index >= 15 is 0 Å². The minimum Gasteiger partial charge on any atom is -0.487 e. The van der Waals surface area contributed by atoms with Crippen molar-refractivity contribution in [2.24, 2.45) is 0 Å². The van der Waals surface area contributed by atoms with Gasteiger partial charge in [-0.25, -0.2) is 9.78 Å². The smallest absolute Gasteiger partial charge is 0.349 e. The van der Waals surface area contributed by atoms with Gasteiger partial charge in [0.05, 0.1) is 24.0 Å². The second kappa shape index (κ2) is 12.8. The number of fused-ring (bicyclic) bond motifs is 1. The number of nitrogens with zero attached hydrogens (tertiary/aromatic N) is 1. The molecule has 2 aromatic heterocycles. The molecular weight excluding hydrogens is 524 g/mol. The van der Waals surface area contributed by atoms with E-state index in [0.29, 0.717) is 34.6 Å². The maximum Gasteiger partial charge on any atom is 0.349 e. The Morgan fingerprint density at radius 3 is 2.45 bits per heavy atom. The van der Waals surface area contributed by atoms with Crippen LogP contribution in [0.4, 0.5) is 0 Å². The number of esters is 1. The highest BCUT2D eigenvalue weighted by Crippen LogP contribution is 2.37. The van der Waals surface area contributed by atoms with E-state index < -0.39 is 11.6 Å². The Bertz CT molecular complexity index is 1560. The van der Waals surface area contributed by atoms with Crippen molar-refractivity contribution in [1.29, 1.82) is 0 Å². The molecule has 0 aliphatic heterocycles. The number of carbonyl (C=O) groups excluding carboxylic acids is 1. The molecule has 194 valence electrons. The van der Waals surface area contributed by atoms with Crippen LogP contribution in [0.25, 0.3) is 21.6 Å². The Hall–Kier alpha value is -4.28. The number of nitrogens with one attached hydrogen (secondary N) is 1. The molecule has 8 nitrogen and oxygen atoms in total. The van der Waals surface area contributed by atoms with Crippen LogP contribution in [0, 0.1) is 6.92 Å². The van der Waals surface area contributed by atoms with Gasteiger partial charge in [-0.3, -0.25) is 0 Å². The van der Waals surface area contributed by atoms with E-state index in [2.05, 4.69) is 9.97 Å². The van der Waals surface area contributed by atoms with E-state index in [1.807, 2.05) is 79.7 Å². The van der Waals surface area contributed by atoms with Gasteiger partial charge in [0.1, 0.15) is 33.7 Å². The first-order chi connectivity index (χ1) is 18.5. The first-order valence-electron chi connectivity index (χ1n) is 11.6. The number of H-pyrrole nitrogens is 1. The molecule has 0 fully saturated rings. The number of thiazole rings is 1. The SMILES string of the molecule is CCOC(=O)c1cnc(-c2cc3cc(Oc4ccc(C)cc4)cc(OCc4ccccc4)c3[nH]2)s1.O=S=O. The molecule has 5 rings (SSSR count). The lowest BCUT2D eigenvalue weighted by molar-refractivity contribution is 0.0532. The Kier molecular flexibility index (Phi) is 9.02. The summed E-state index contributed by atoms with van der Waals surface area (Å²) in [5.41, 5.74) is 3.86. The number of hydrogen-bond acceptors (Lipinski definition) is 8. The highest BCUT2D eigenvalue weighted by atomic mass is 32.1. The molecular formula is C28H24N2O6S2. The zero-order valence-corrected chi connectivity index (χ0v) is 22.3. The summed E-state index contributed by atoms with van der Waals surface area (Å²) in [6.07, 6.45) is 1.54. The summed E-state index contributed by atoms with van der Waals surface area (Å²) in [5, 5.41) is 1.61. The minimum atomic E-state index is -0.750. The Morgan fingerprint density at radius 1 is 1.00 bits per heavy atom. The molecule has 0 unspecified atom stereocenters. The van der Waals surface area contributed by atoms with Crippen molar-refractivity contribution in [3.05, 3.63) is 95.0 Å². The molecule has 1 N–H and O–H groups in total. The molecule has 2 heterocycles. The summed E-state index contributed by atoms with van der Waals surface area (Å²) in [5.74, 6) is 1.72. The molecule has 0 radical (unpaired) electrons. The molecule has 0 aliphatic rings. The molecule has 0 atom stereocenters. The van der Waals surface area contributed by atoms with Crippen molar-refractivity contribution < 1.29 is 27.4 Å². The van der Waals surface area contributed by atoms with Crippen LogP contribution >= 0.6 is 11.3 Å². The van der Waals surface area contributed by atoms with Crippen LogP contribution in [0.3, 0.4) is 0 Å². The van der Waals surface area contributed by atoms with Crippen molar-refractivity contribution >= 4 is 39.8 Å². The topological polar surface area (TPSA) is 108 Å². The summed E-state index contributed by atoms with van der Waals surface area (Å²) in [6.45, 7) is 4.57. The van der Waals surface area contributed by atoms with Crippen molar-refractivity contribution in [2.75, 3.05) is 6.61 Å². The third kappa shape index (κ3) is 6.72. The van der Waals surface area contributed by atoms with Crippen LogP contribution in [-0.2, 0) is 22.9 Å². The number of hydrogen-bond donors (Lipinski definition) is 1. The maximum absolute atomic E-state index is 12.1. The number of ether oxygens (including phenoxy) is 3. The Labute approximate surface area is 226 Å². The van der Waals surface area contributed by atoms with Gasteiger partial charge in [-0.1, -0.05) is 48.0 Å². The van der Waals surface area contributed by atoms with E-state index in [-0.39, 0.29) is 5.97 Å². The number of rotatable bonds is 8. The van der Waals surface area contributed by atoms with Gasteiger partial charge >= 0.3 is 17.5 Å². The van der Waals surface area contributed by atoms with Crippen LogP contribution in [0.5, 0.6) is 17.2 Å². The average molecular weight is 549 g/mol. The van der Waals surface area contributed by atoms with Gasteiger partial charge in [0.15, 0.2) is 0 Å². The fraction of sp³-hybridized carbons (Fsp3) is 0.143. The predicted molar refractivity (Wildman–Crippen MR) is 146 cm³/mol. The predicted octanol–water partition coefficient (Wildman–Crippen LogP) is 6.48. The molecule has 38 heavy (non-hydrogen) atoms. The molecule has 5 aromatic rings. The van der Waals surface area contributed by atoms with Crippen LogP contribution in [0.1, 0.15) is 27.7 Å². The molecule has 0 aliphatic carbocycles. The number of benzene rings is 3. The van der Waals surface area contributed by atoms with Crippen molar-refractivity contribution in [2.45, 2.75) is 20.5 Å². The number of aromatic amines is 1. The largest absolute Gasteiger partial charge is 0.487 e. The molecule has 0 bridgehead atoms. The summed E-state index contributed by atoms with van der Waals surface area (Å²) in [4.78, 5) is 20.4. The highest BCUT2D eigenvalue weighted by molar-refractivity contribution is 7.51. The van der Waals surface area contributed by atoms with E-state index in [1.54, 1.807) is 13.1 Å². The molecule has 0 saturated heterocycles. The molecule has 0 amide bonds. The van der Waals surface area contributed by atoms with Gasteiger partial charge in [0, 0.05) is 11.5 Å². The lowest BCUT2D eigenvalue weighted by atomic mass is 10.2. The summed E-state index contributed by atoms with van der Waals surface area (Å²) in [6, 6.07) is 23.8. The van der Waals surface area contributed by atoms with Crippen molar-refractivity contribution in [3.63, 3.8) is 0 Å². The first kappa shape index (κ1) is 26.8.